The number of carbonyl (C=O) groups excluding carboxylic acids is 1. The van der Waals surface area contributed by atoms with Crippen molar-refractivity contribution >= 4 is 46.3 Å². The highest BCUT2D eigenvalue weighted by Crippen LogP contribution is 2.24. The van der Waals surface area contributed by atoms with Crippen LogP contribution in [-0.2, 0) is 10.5 Å². The van der Waals surface area contributed by atoms with Crippen LogP contribution in [0.3, 0.4) is 0 Å². The van der Waals surface area contributed by atoms with E-state index in [4.69, 9.17) is 16.9 Å². The quantitative estimate of drug-likeness (QED) is 0.622. The summed E-state index contributed by atoms with van der Waals surface area (Å²) in [6.45, 7) is 0. The average Bonchev–Trinajstić information content (AvgIpc) is 2.98. The van der Waals surface area contributed by atoms with E-state index >= 15 is 0 Å². The van der Waals surface area contributed by atoms with E-state index in [1.165, 1.54) is 4.88 Å². The number of nitrogens with zero attached hydrogens (tertiary/aromatic N) is 2. The second-order valence-electron chi connectivity index (χ2n) is 4.54. The van der Waals surface area contributed by atoms with E-state index in [1.807, 2.05) is 18.2 Å². The first-order valence-corrected chi connectivity index (χ1v) is 9.30. The van der Waals surface area contributed by atoms with Crippen molar-refractivity contribution < 1.29 is 4.79 Å². The lowest BCUT2D eigenvalue weighted by molar-refractivity contribution is -0.120. The molecule has 0 saturated heterocycles. The number of hydrazone groups is 1. The largest absolute Gasteiger partial charge is 0.272 e. The topological polar surface area (TPSA) is 65.2 Å². The Balaban J connectivity index is 2.33. The highest BCUT2D eigenvalue weighted by atomic mass is 35.5. The van der Waals surface area contributed by atoms with Gasteiger partial charge in [0.25, 0.3) is 5.91 Å². The van der Waals surface area contributed by atoms with E-state index in [9.17, 15) is 4.79 Å². The number of thiophene rings is 1. The minimum Gasteiger partial charge on any atom is -0.272 e. The van der Waals surface area contributed by atoms with Crippen LogP contribution in [0.25, 0.3) is 0 Å². The monoisotopic (exact) mass is 363 g/mol. The zero-order valence-electron chi connectivity index (χ0n) is 12.4. The molecule has 0 aliphatic carbocycles. The number of hydrogen-bond acceptors (Lipinski definition) is 5. The number of amides is 1. The van der Waals surface area contributed by atoms with Gasteiger partial charge in [0.05, 0.1) is 10.9 Å². The molecule has 0 aliphatic heterocycles. The van der Waals surface area contributed by atoms with Crippen molar-refractivity contribution in [2.24, 2.45) is 5.10 Å². The van der Waals surface area contributed by atoms with Gasteiger partial charge in [0.15, 0.2) is 0 Å². The molecule has 2 rings (SSSR count). The van der Waals surface area contributed by atoms with Crippen molar-refractivity contribution in [3.8, 4) is 6.07 Å². The molecule has 7 heteroatoms. The van der Waals surface area contributed by atoms with Crippen molar-refractivity contribution in [2.75, 3.05) is 6.26 Å². The number of nitrogens with one attached hydrogen (secondary N) is 1. The lowest BCUT2D eigenvalue weighted by Crippen LogP contribution is -2.19. The van der Waals surface area contributed by atoms with Gasteiger partial charge in [-0.3, -0.25) is 4.79 Å². The van der Waals surface area contributed by atoms with Gasteiger partial charge in [0.2, 0.25) is 0 Å². The molecule has 1 N–H and O–H groups in total. The summed E-state index contributed by atoms with van der Waals surface area (Å²) in [6, 6.07) is 13.1. The molecular formula is C16H14ClN3OS2. The van der Waals surface area contributed by atoms with Gasteiger partial charge in [-0.25, -0.2) is 5.43 Å². The molecule has 0 bridgehead atoms. The maximum Gasteiger partial charge on any atom is 0.254 e. The van der Waals surface area contributed by atoms with Crippen LogP contribution in [0.1, 0.15) is 21.7 Å². The minimum absolute atomic E-state index is 0.223. The van der Waals surface area contributed by atoms with Crippen LogP contribution in [0.5, 0.6) is 0 Å². The van der Waals surface area contributed by atoms with E-state index in [0.717, 1.165) is 16.2 Å². The van der Waals surface area contributed by atoms with Crippen molar-refractivity contribution in [2.45, 2.75) is 12.2 Å². The maximum atomic E-state index is 11.5. The number of rotatable bonds is 6. The molecule has 1 aromatic heterocycles. The zero-order valence-corrected chi connectivity index (χ0v) is 14.8. The van der Waals surface area contributed by atoms with Gasteiger partial charge < -0.3 is 0 Å². The van der Waals surface area contributed by atoms with E-state index in [-0.39, 0.29) is 6.42 Å². The van der Waals surface area contributed by atoms with Gasteiger partial charge in [0, 0.05) is 21.2 Å². The Morgan fingerprint density at radius 2 is 2.09 bits per heavy atom. The van der Waals surface area contributed by atoms with E-state index < -0.39 is 5.91 Å². The molecule has 1 aromatic carbocycles. The van der Waals surface area contributed by atoms with E-state index in [0.29, 0.717) is 10.7 Å². The second-order valence-corrected chi connectivity index (χ2v) is 7.01. The highest BCUT2D eigenvalue weighted by Gasteiger charge is 2.11. The number of hydrogen-bond donors (Lipinski definition) is 1. The lowest BCUT2D eigenvalue weighted by Gasteiger charge is -2.05. The van der Waals surface area contributed by atoms with Gasteiger partial charge in [-0.15, -0.1) is 11.3 Å². The van der Waals surface area contributed by atoms with Crippen LogP contribution < -0.4 is 5.43 Å². The fourth-order valence-electron chi connectivity index (χ4n) is 1.82. The van der Waals surface area contributed by atoms with Gasteiger partial charge in [0.1, 0.15) is 12.1 Å². The molecule has 118 valence electrons. The molecule has 0 atom stereocenters. The van der Waals surface area contributed by atoms with Crippen LogP contribution in [0.15, 0.2) is 41.5 Å². The molecule has 0 aliphatic rings. The Kier molecular flexibility index (Phi) is 6.66. The highest BCUT2D eigenvalue weighted by molar-refractivity contribution is 7.97. The van der Waals surface area contributed by atoms with Crippen LogP contribution in [0, 0.1) is 11.3 Å². The molecule has 4 nitrogen and oxygen atoms in total. The molecule has 0 fully saturated rings. The SMILES string of the molecule is CSCc1ccc(C(=NNC(=O)CC#N)c2ccc(Cl)cc2)s1. The van der Waals surface area contributed by atoms with Gasteiger partial charge in [-0.2, -0.15) is 22.1 Å². The van der Waals surface area contributed by atoms with Crippen molar-refractivity contribution in [1.29, 1.82) is 5.26 Å². The van der Waals surface area contributed by atoms with E-state index in [2.05, 4.69) is 22.8 Å². The molecule has 1 heterocycles. The van der Waals surface area contributed by atoms with Gasteiger partial charge in [-0.05, 0) is 30.5 Å². The molecular weight excluding hydrogens is 350 g/mol. The normalized spacial score (nSPS) is 11.1. The predicted octanol–water partition coefficient (Wildman–Crippen LogP) is 4.05. The lowest BCUT2D eigenvalue weighted by atomic mass is 10.1. The number of halogens is 1. The molecule has 0 spiro atoms. The Hall–Kier alpha value is -1.81. The third-order valence-electron chi connectivity index (χ3n) is 2.83. The summed E-state index contributed by atoms with van der Waals surface area (Å²) >= 11 is 9.31. The molecule has 0 radical (unpaired) electrons. The predicted molar refractivity (Wildman–Crippen MR) is 97.0 cm³/mol. The summed E-state index contributed by atoms with van der Waals surface area (Å²) in [7, 11) is 0. The summed E-state index contributed by atoms with van der Waals surface area (Å²) in [5, 5.41) is 13.4. The zero-order chi connectivity index (χ0) is 16.7. The first-order chi connectivity index (χ1) is 11.1. The number of carbonyl (C=O) groups is 1. The van der Waals surface area contributed by atoms with Gasteiger partial charge >= 0.3 is 0 Å². The summed E-state index contributed by atoms with van der Waals surface area (Å²) in [6.07, 6.45) is 1.83. The molecule has 23 heavy (non-hydrogen) atoms. The van der Waals surface area contributed by atoms with Gasteiger partial charge in [-0.1, -0.05) is 23.7 Å². The average molecular weight is 364 g/mol. The Bertz CT molecular complexity index is 747. The number of nitriles is 1. The minimum atomic E-state index is -0.431. The van der Waals surface area contributed by atoms with Crippen LogP contribution in [0.2, 0.25) is 5.02 Å². The summed E-state index contributed by atoms with van der Waals surface area (Å²) in [4.78, 5) is 13.7. The van der Waals surface area contributed by atoms with Crippen LogP contribution in [-0.4, -0.2) is 17.9 Å². The first-order valence-electron chi connectivity index (χ1n) is 6.71. The summed E-state index contributed by atoms with van der Waals surface area (Å²) < 4.78 is 0. The fourth-order valence-corrected chi connectivity index (χ4v) is 3.74. The summed E-state index contributed by atoms with van der Waals surface area (Å²) in [5.41, 5.74) is 3.94. The van der Waals surface area contributed by atoms with E-state index in [1.54, 1.807) is 41.3 Å². The number of benzene rings is 1. The van der Waals surface area contributed by atoms with Crippen molar-refractivity contribution in [3.63, 3.8) is 0 Å². The third-order valence-corrected chi connectivity index (χ3v) is 4.96. The summed E-state index contributed by atoms with van der Waals surface area (Å²) in [5.74, 6) is 0.499. The molecule has 0 unspecified atom stereocenters. The van der Waals surface area contributed by atoms with Crippen molar-refractivity contribution in [1.82, 2.24) is 5.43 Å². The molecule has 0 saturated carbocycles. The smallest absolute Gasteiger partial charge is 0.254 e. The Morgan fingerprint density at radius 3 is 2.74 bits per heavy atom. The number of thioether (sulfide) groups is 1. The fraction of sp³-hybridized carbons (Fsp3) is 0.188. The van der Waals surface area contributed by atoms with Crippen LogP contribution in [0.4, 0.5) is 0 Å². The maximum absolute atomic E-state index is 11.5. The third kappa shape index (κ3) is 5.10. The first kappa shape index (κ1) is 17.5. The second kappa shape index (κ2) is 8.73. The van der Waals surface area contributed by atoms with Crippen LogP contribution >= 0.6 is 34.7 Å². The Morgan fingerprint density at radius 1 is 1.35 bits per heavy atom. The molecule has 1 amide bonds. The van der Waals surface area contributed by atoms with Crippen molar-refractivity contribution in [3.05, 3.63) is 56.7 Å². The standard InChI is InChI=1S/C16H14ClN3OS2/c1-22-10-13-6-7-14(23-13)16(20-19-15(21)8-9-18)11-2-4-12(17)5-3-11/h2-7H,8,10H2,1H3,(H,19,21). The Labute approximate surface area is 148 Å². The molecule has 2 aromatic rings.